The van der Waals surface area contributed by atoms with Crippen LogP contribution in [-0.2, 0) is 4.79 Å². The first-order valence-corrected chi connectivity index (χ1v) is 7.71. The summed E-state index contributed by atoms with van der Waals surface area (Å²) in [5.74, 6) is -0.0813. The molecule has 0 aromatic heterocycles. The fourth-order valence-corrected chi connectivity index (χ4v) is 2.74. The van der Waals surface area contributed by atoms with Crippen molar-refractivity contribution in [2.75, 3.05) is 16.8 Å². The molecule has 0 saturated carbocycles. The summed E-state index contributed by atoms with van der Waals surface area (Å²) in [6.45, 7) is 0.354. The molecule has 0 aliphatic carbocycles. The Morgan fingerprint density at radius 2 is 1.80 bits per heavy atom. The van der Waals surface area contributed by atoms with Crippen molar-refractivity contribution in [2.24, 2.45) is 0 Å². The number of nitrogens with zero attached hydrogens (tertiary/aromatic N) is 2. The van der Waals surface area contributed by atoms with Crippen LogP contribution in [0.15, 0.2) is 54.6 Å². The molecule has 8 nitrogen and oxygen atoms in total. The largest absolute Gasteiger partial charge is 0.333 e. The minimum atomic E-state index is -0.581. The highest BCUT2D eigenvalue weighted by Crippen LogP contribution is 2.24. The Labute approximate surface area is 143 Å². The molecule has 1 aliphatic rings. The van der Waals surface area contributed by atoms with E-state index >= 15 is 0 Å². The molecule has 0 spiro atoms. The number of amides is 3. The normalized spacial score (nSPS) is 16.6. The van der Waals surface area contributed by atoms with Crippen LogP contribution < -0.4 is 15.5 Å². The number of anilines is 2. The van der Waals surface area contributed by atoms with Gasteiger partial charge in [0.25, 0.3) is 5.69 Å². The molecule has 25 heavy (non-hydrogen) atoms. The molecule has 3 rings (SSSR count). The predicted molar refractivity (Wildman–Crippen MR) is 92.5 cm³/mol. The number of hydrogen-bond acceptors (Lipinski definition) is 4. The number of rotatable bonds is 4. The van der Waals surface area contributed by atoms with Gasteiger partial charge in [0.15, 0.2) is 0 Å². The lowest BCUT2D eigenvalue weighted by molar-refractivity contribution is -0.383. The Morgan fingerprint density at radius 3 is 2.52 bits per heavy atom. The Kier molecular flexibility index (Phi) is 4.60. The molecule has 8 heteroatoms. The highest BCUT2D eigenvalue weighted by atomic mass is 16.6. The number of benzene rings is 2. The number of para-hydroxylation sites is 3. The molecule has 1 heterocycles. The molecule has 1 aliphatic heterocycles. The Balaban J connectivity index is 1.63. The van der Waals surface area contributed by atoms with Crippen LogP contribution in [0.25, 0.3) is 0 Å². The number of nitro benzene ring substituents is 1. The highest BCUT2D eigenvalue weighted by molar-refractivity contribution is 5.98. The number of hydrogen-bond donors (Lipinski definition) is 2. The van der Waals surface area contributed by atoms with Gasteiger partial charge >= 0.3 is 6.03 Å². The van der Waals surface area contributed by atoms with Crippen molar-refractivity contribution < 1.29 is 14.5 Å². The topological polar surface area (TPSA) is 105 Å². The summed E-state index contributed by atoms with van der Waals surface area (Å²) in [4.78, 5) is 36.3. The van der Waals surface area contributed by atoms with Crippen molar-refractivity contribution in [1.29, 1.82) is 0 Å². The van der Waals surface area contributed by atoms with Crippen LogP contribution in [0.2, 0.25) is 0 Å². The van der Waals surface area contributed by atoms with E-state index in [-0.39, 0.29) is 29.7 Å². The summed E-state index contributed by atoms with van der Waals surface area (Å²) in [7, 11) is 0. The maximum Gasteiger partial charge on any atom is 0.319 e. The third kappa shape index (κ3) is 3.74. The second kappa shape index (κ2) is 7.00. The monoisotopic (exact) mass is 340 g/mol. The summed E-state index contributed by atoms with van der Waals surface area (Å²) < 4.78 is 0. The molecule has 1 saturated heterocycles. The van der Waals surface area contributed by atoms with Gasteiger partial charge in [0, 0.05) is 24.7 Å². The zero-order chi connectivity index (χ0) is 17.8. The van der Waals surface area contributed by atoms with E-state index in [4.69, 9.17) is 0 Å². The van der Waals surface area contributed by atoms with Gasteiger partial charge in [0.1, 0.15) is 5.69 Å². The highest BCUT2D eigenvalue weighted by Gasteiger charge is 2.31. The van der Waals surface area contributed by atoms with Gasteiger partial charge < -0.3 is 15.5 Å². The maximum atomic E-state index is 12.1. The predicted octanol–water partition coefficient (Wildman–Crippen LogP) is 2.52. The molecule has 0 bridgehead atoms. The van der Waals surface area contributed by atoms with E-state index in [2.05, 4.69) is 10.6 Å². The first-order valence-electron chi connectivity index (χ1n) is 7.71. The summed E-state index contributed by atoms with van der Waals surface area (Å²) in [5, 5.41) is 16.1. The Morgan fingerprint density at radius 1 is 1.12 bits per heavy atom. The van der Waals surface area contributed by atoms with Crippen LogP contribution >= 0.6 is 0 Å². The lowest BCUT2D eigenvalue weighted by Gasteiger charge is -2.17. The smallest absolute Gasteiger partial charge is 0.319 e. The quantitative estimate of drug-likeness (QED) is 0.659. The van der Waals surface area contributed by atoms with Crippen molar-refractivity contribution >= 4 is 29.0 Å². The second-order valence-corrected chi connectivity index (χ2v) is 5.61. The third-order valence-electron chi connectivity index (χ3n) is 3.88. The average Bonchev–Trinajstić information content (AvgIpc) is 2.96. The van der Waals surface area contributed by atoms with E-state index in [1.165, 1.54) is 18.2 Å². The van der Waals surface area contributed by atoms with E-state index in [9.17, 15) is 19.7 Å². The molecular formula is C17H16N4O4. The fourth-order valence-electron chi connectivity index (χ4n) is 2.74. The SMILES string of the molecule is O=C(Nc1ccccc1[N+](=O)[O-])NC1CC(=O)N(c2ccccc2)C1. The fraction of sp³-hybridized carbons (Fsp3) is 0.176. The van der Waals surface area contributed by atoms with Crippen LogP contribution in [0.1, 0.15) is 6.42 Å². The molecule has 2 N–H and O–H groups in total. The van der Waals surface area contributed by atoms with Crippen LogP contribution in [0.5, 0.6) is 0 Å². The number of carbonyl (C=O) groups is 2. The first-order chi connectivity index (χ1) is 12.0. The van der Waals surface area contributed by atoms with E-state index < -0.39 is 11.0 Å². The molecule has 1 fully saturated rings. The van der Waals surface area contributed by atoms with Crippen molar-refractivity contribution in [3.63, 3.8) is 0 Å². The van der Waals surface area contributed by atoms with Gasteiger partial charge in [0.05, 0.1) is 11.0 Å². The minimum absolute atomic E-state index is 0.0813. The molecule has 0 radical (unpaired) electrons. The van der Waals surface area contributed by atoms with E-state index in [1.807, 2.05) is 30.3 Å². The Hall–Kier alpha value is -3.42. The summed E-state index contributed by atoms with van der Waals surface area (Å²) in [6, 6.07) is 14.1. The van der Waals surface area contributed by atoms with Crippen molar-refractivity contribution in [1.82, 2.24) is 5.32 Å². The van der Waals surface area contributed by atoms with Crippen molar-refractivity contribution in [3.8, 4) is 0 Å². The lowest BCUT2D eigenvalue weighted by atomic mass is 10.2. The summed E-state index contributed by atoms with van der Waals surface area (Å²) in [5.41, 5.74) is 0.691. The molecule has 2 aromatic carbocycles. The van der Waals surface area contributed by atoms with Gasteiger partial charge in [-0.3, -0.25) is 14.9 Å². The van der Waals surface area contributed by atoms with E-state index in [1.54, 1.807) is 11.0 Å². The van der Waals surface area contributed by atoms with E-state index in [0.717, 1.165) is 5.69 Å². The standard InChI is InChI=1S/C17H16N4O4/c22-16-10-12(11-20(16)13-6-2-1-3-7-13)18-17(23)19-14-8-4-5-9-15(14)21(24)25/h1-9,12H,10-11H2,(H2,18,19,23). The van der Waals surface area contributed by atoms with Gasteiger partial charge in [-0.1, -0.05) is 30.3 Å². The molecule has 2 aromatic rings. The van der Waals surface area contributed by atoms with Gasteiger partial charge in [-0.2, -0.15) is 0 Å². The van der Waals surface area contributed by atoms with Gasteiger partial charge in [-0.25, -0.2) is 4.79 Å². The molecule has 3 amide bonds. The van der Waals surface area contributed by atoms with Crippen molar-refractivity contribution in [2.45, 2.75) is 12.5 Å². The molecule has 1 unspecified atom stereocenters. The Bertz CT molecular complexity index is 809. The summed E-state index contributed by atoms with van der Waals surface area (Å²) in [6.07, 6.45) is 0.180. The van der Waals surface area contributed by atoms with Crippen LogP contribution in [0, 0.1) is 10.1 Å². The van der Waals surface area contributed by atoms with Crippen LogP contribution in [0.4, 0.5) is 21.9 Å². The molecular weight excluding hydrogens is 324 g/mol. The third-order valence-corrected chi connectivity index (χ3v) is 3.88. The average molecular weight is 340 g/mol. The summed E-state index contributed by atoms with van der Waals surface area (Å²) >= 11 is 0. The molecule has 1 atom stereocenters. The number of carbonyl (C=O) groups excluding carboxylic acids is 2. The van der Waals surface area contributed by atoms with Gasteiger partial charge in [0.2, 0.25) is 5.91 Å². The van der Waals surface area contributed by atoms with E-state index in [0.29, 0.717) is 6.54 Å². The second-order valence-electron chi connectivity index (χ2n) is 5.61. The number of nitrogens with one attached hydrogen (secondary N) is 2. The van der Waals surface area contributed by atoms with Gasteiger partial charge in [-0.15, -0.1) is 0 Å². The number of urea groups is 1. The minimum Gasteiger partial charge on any atom is -0.333 e. The lowest BCUT2D eigenvalue weighted by Crippen LogP contribution is -2.39. The zero-order valence-corrected chi connectivity index (χ0v) is 13.2. The maximum absolute atomic E-state index is 12.1. The van der Waals surface area contributed by atoms with Crippen LogP contribution in [-0.4, -0.2) is 29.4 Å². The van der Waals surface area contributed by atoms with Gasteiger partial charge in [-0.05, 0) is 18.2 Å². The van der Waals surface area contributed by atoms with Crippen LogP contribution in [0.3, 0.4) is 0 Å². The number of nitro groups is 1. The molecule has 128 valence electrons. The van der Waals surface area contributed by atoms with Crippen molar-refractivity contribution in [3.05, 3.63) is 64.7 Å². The first kappa shape index (κ1) is 16.4. The zero-order valence-electron chi connectivity index (χ0n) is 13.2.